The first-order chi connectivity index (χ1) is 10.6. The molecule has 1 heterocycles. The van der Waals surface area contributed by atoms with E-state index in [1.807, 2.05) is 6.07 Å². The molecule has 0 saturated carbocycles. The highest BCUT2D eigenvalue weighted by molar-refractivity contribution is 6.32. The SMILES string of the molecule is O=C(O)CCCCCNC(=O)c1cc(Cl)cc2cccnc12. The van der Waals surface area contributed by atoms with E-state index >= 15 is 0 Å². The zero-order chi connectivity index (χ0) is 15.9. The normalized spacial score (nSPS) is 10.6. The van der Waals surface area contributed by atoms with Gasteiger partial charge < -0.3 is 10.4 Å². The molecule has 1 aromatic carbocycles. The second-order valence-corrected chi connectivity index (χ2v) is 5.43. The first-order valence-electron chi connectivity index (χ1n) is 7.12. The van der Waals surface area contributed by atoms with Gasteiger partial charge in [0.25, 0.3) is 5.91 Å². The predicted molar refractivity (Wildman–Crippen MR) is 85.2 cm³/mol. The van der Waals surface area contributed by atoms with Gasteiger partial charge in [0, 0.05) is 29.6 Å². The molecule has 0 aliphatic carbocycles. The number of aromatic nitrogens is 1. The lowest BCUT2D eigenvalue weighted by molar-refractivity contribution is -0.137. The summed E-state index contributed by atoms with van der Waals surface area (Å²) in [7, 11) is 0. The fourth-order valence-corrected chi connectivity index (χ4v) is 2.43. The van der Waals surface area contributed by atoms with E-state index in [1.54, 1.807) is 24.4 Å². The van der Waals surface area contributed by atoms with Gasteiger partial charge in [-0.05, 0) is 31.0 Å². The van der Waals surface area contributed by atoms with Crippen LogP contribution in [0.3, 0.4) is 0 Å². The third kappa shape index (κ3) is 4.43. The quantitative estimate of drug-likeness (QED) is 0.767. The second-order valence-electron chi connectivity index (χ2n) is 4.99. The van der Waals surface area contributed by atoms with Crippen LogP contribution in [0.1, 0.15) is 36.0 Å². The highest BCUT2D eigenvalue weighted by Crippen LogP contribution is 2.22. The predicted octanol–water partition coefficient (Wildman–Crippen LogP) is 3.26. The summed E-state index contributed by atoms with van der Waals surface area (Å²) >= 11 is 6.04. The Morgan fingerprint density at radius 1 is 1.23 bits per heavy atom. The minimum atomic E-state index is -0.791. The summed E-state index contributed by atoms with van der Waals surface area (Å²) < 4.78 is 0. The number of hydrogen-bond acceptors (Lipinski definition) is 3. The molecule has 0 spiro atoms. The van der Waals surface area contributed by atoms with E-state index in [2.05, 4.69) is 10.3 Å². The molecular weight excluding hydrogens is 304 g/mol. The number of carbonyl (C=O) groups is 2. The first kappa shape index (κ1) is 16.2. The number of fused-ring (bicyclic) bond motifs is 1. The Morgan fingerprint density at radius 3 is 2.82 bits per heavy atom. The highest BCUT2D eigenvalue weighted by atomic mass is 35.5. The molecule has 0 aliphatic rings. The van der Waals surface area contributed by atoms with Crippen LogP contribution >= 0.6 is 11.6 Å². The number of unbranched alkanes of at least 4 members (excludes halogenated alkanes) is 2. The topological polar surface area (TPSA) is 79.3 Å². The van der Waals surface area contributed by atoms with Gasteiger partial charge in [-0.3, -0.25) is 14.6 Å². The van der Waals surface area contributed by atoms with Crippen molar-refractivity contribution in [3.63, 3.8) is 0 Å². The van der Waals surface area contributed by atoms with Crippen molar-refractivity contribution in [1.82, 2.24) is 10.3 Å². The maximum absolute atomic E-state index is 12.2. The molecule has 1 amide bonds. The van der Waals surface area contributed by atoms with Crippen molar-refractivity contribution < 1.29 is 14.7 Å². The summed E-state index contributed by atoms with van der Waals surface area (Å²) in [5, 5.41) is 12.7. The number of carboxylic acid groups (broad SMARTS) is 1. The standard InChI is InChI=1S/C16H17ClN2O3/c17-12-9-11-5-4-8-18-15(11)13(10-12)16(22)19-7-3-1-2-6-14(20)21/h4-5,8-10H,1-3,6-7H2,(H,19,22)(H,20,21). The summed E-state index contributed by atoms with van der Waals surface area (Å²) in [5.74, 6) is -1.01. The fraction of sp³-hybridized carbons (Fsp3) is 0.312. The Morgan fingerprint density at radius 2 is 2.05 bits per heavy atom. The molecule has 0 radical (unpaired) electrons. The van der Waals surface area contributed by atoms with E-state index in [-0.39, 0.29) is 12.3 Å². The minimum absolute atomic E-state index is 0.163. The van der Waals surface area contributed by atoms with Crippen LogP contribution in [-0.4, -0.2) is 28.5 Å². The van der Waals surface area contributed by atoms with Crippen molar-refractivity contribution in [2.45, 2.75) is 25.7 Å². The first-order valence-corrected chi connectivity index (χ1v) is 7.50. The van der Waals surface area contributed by atoms with Crippen molar-refractivity contribution in [1.29, 1.82) is 0 Å². The Kier molecular flexibility index (Phi) is 5.72. The molecule has 0 bridgehead atoms. The Balaban J connectivity index is 1.94. The van der Waals surface area contributed by atoms with Crippen LogP contribution in [0.2, 0.25) is 5.02 Å². The van der Waals surface area contributed by atoms with Crippen LogP contribution in [0, 0.1) is 0 Å². The van der Waals surface area contributed by atoms with Gasteiger partial charge in [-0.2, -0.15) is 0 Å². The van der Waals surface area contributed by atoms with Crippen LogP contribution in [0.25, 0.3) is 10.9 Å². The van der Waals surface area contributed by atoms with Crippen LogP contribution in [0.15, 0.2) is 30.5 Å². The molecule has 2 rings (SSSR count). The number of pyridine rings is 1. The van der Waals surface area contributed by atoms with E-state index < -0.39 is 5.97 Å². The lowest BCUT2D eigenvalue weighted by Gasteiger charge is -2.08. The van der Waals surface area contributed by atoms with Crippen LogP contribution in [0.5, 0.6) is 0 Å². The number of nitrogens with zero attached hydrogens (tertiary/aromatic N) is 1. The average molecular weight is 321 g/mol. The van der Waals surface area contributed by atoms with Crippen LogP contribution in [-0.2, 0) is 4.79 Å². The van der Waals surface area contributed by atoms with Crippen LogP contribution in [0.4, 0.5) is 0 Å². The Hall–Kier alpha value is -2.14. The molecule has 0 unspecified atom stereocenters. The second kappa shape index (κ2) is 7.75. The number of halogens is 1. The maximum Gasteiger partial charge on any atom is 0.303 e. The number of hydrogen-bond donors (Lipinski definition) is 2. The third-order valence-corrected chi connectivity index (χ3v) is 3.49. The highest BCUT2D eigenvalue weighted by Gasteiger charge is 2.12. The van der Waals surface area contributed by atoms with E-state index in [1.165, 1.54) is 0 Å². The number of amides is 1. The van der Waals surface area contributed by atoms with Crippen molar-refractivity contribution in [3.05, 3.63) is 41.0 Å². The lowest BCUT2D eigenvalue weighted by Crippen LogP contribution is -2.24. The summed E-state index contributed by atoms with van der Waals surface area (Å²) in [5.41, 5.74) is 1.07. The van der Waals surface area contributed by atoms with Crippen molar-refractivity contribution >= 4 is 34.4 Å². The van der Waals surface area contributed by atoms with Crippen LogP contribution < -0.4 is 5.32 Å². The number of benzene rings is 1. The van der Waals surface area contributed by atoms with E-state index in [0.717, 1.165) is 18.2 Å². The number of carboxylic acids is 1. The zero-order valence-electron chi connectivity index (χ0n) is 12.0. The van der Waals surface area contributed by atoms with Gasteiger partial charge in [-0.15, -0.1) is 0 Å². The zero-order valence-corrected chi connectivity index (χ0v) is 12.8. The molecule has 1 aromatic heterocycles. The molecule has 2 aromatic rings. The maximum atomic E-state index is 12.2. The molecule has 6 heteroatoms. The minimum Gasteiger partial charge on any atom is -0.481 e. The van der Waals surface area contributed by atoms with E-state index in [0.29, 0.717) is 29.1 Å². The van der Waals surface area contributed by atoms with Crippen molar-refractivity contribution in [2.75, 3.05) is 6.54 Å². The van der Waals surface area contributed by atoms with Gasteiger partial charge in [0.05, 0.1) is 11.1 Å². The molecule has 0 atom stereocenters. The van der Waals surface area contributed by atoms with Gasteiger partial charge >= 0.3 is 5.97 Å². The number of rotatable bonds is 7. The summed E-state index contributed by atoms with van der Waals surface area (Å²) in [6.07, 6.45) is 3.93. The molecule has 0 saturated heterocycles. The Bertz CT molecular complexity index is 688. The number of aliphatic carboxylic acids is 1. The summed E-state index contributed by atoms with van der Waals surface area (Å²) in [6, 6.07) is 7.03. The molecule has 0 aliphatic heterocycles. The fourth-order valence-electron chi connectivity index (χ4n) is 2.20. The molecule has 2 N–H and O–H groups in total. The van der Waals surface area contributed by atoms with E-state index in [9.17, 15) is 9.59 Å². The Labute approximate surface area is 133 Å². The van der Waals surface area contributed by atoms with Gasteiger partial charge in [0.15, 0.2) is 0 Å². The lowest BCUT2D eigenvalue weighted by atomic mass is 10.1. The van der Waals surface area contributed by atoms with Crippen molar-refractivity contribution in [3.8, 4) is 0 Å². The molecule has 5 nitrogen and oxygen atoms in total. The average Bonchev–Trinajstić information content (AvgIpc) is 2.49. The molecule has 116 valence electrons. The molecular formula is C16H17ClN2O3. The largest absolute Gasteiger partial charge is 0.481 e. The van der Waals surface area contributed by atoms with Gasteiger partial charge in [-0.1, -0.05) is 24.1 Å². The van der Waals surface area contributed by atoms with Gasteiger partial charge in [-0.25, -0.2) is 0 Å². The summed E-state index contributed by atoms with van der Waals surface area (Å²) in [6.45, 7) is 0.499. The monoisotopic (exact) mass is 320 g/mol. The smallest absolute Gasteiger partial charge is 0.303 e. The van der Waals surface area contributed by atoms with Gasteiger partial charge in [0.2, 0.25) is 0 Å². The van der Waals surface area contributed by atoms with Gasteiger partial charge in [0.1, 0.15) is 0 Å². The third-order valence-electron chi connectivity index (χ3n) is 3.27. The summed E-state index contributed by atoms with van der Waals surface area (Å²) in [4.78, 5) is 26.9. The van der Waals surface area contributed by atoms with Crippen molar-refractivity contribution in [2.24, 2.45) is 0 Å². The number of carbonyl (C=O) groups excluding carboxylic acids is 1. The molecule has 22 heavy (non-hydrogen) atoms. The number of nitrogens with one attached hydrogen (secondary N) is 1. The van der Waals surface area contributed by atoms with E-state index in [4.69, 9.17) is 16.7 Å². The molecule has 0 fully saturated rings.